The lowest BCUT2D eigenvalue weighted by atomic mass is 9.99. The molecule has 1 amide bonds. The molecule has 0 aliphatic carbocycles. The molecule has 6 rings (SSSR count). The Balaban J connectivity index is 1.32. The van der Waals surface area contributed by atoms with E-state index < -0.39 is 11.9 Å². The molecule has 194 valence electrons. The Bertz CT molecular complexity index is 1620. The molecule has 0 bridgehead atoms. The Morgan fingerprint density at radius 2 is 1.67 bits per heavy atom. The highest BCUT2D eigenvalue weighted by atomic mass is 19.1. The van der Waals surface area contributed by atoms with Crippen molar-refractivity contribution in [1.29, 1.82) is 0 Å². The van der Waals surface area contributed by atoms with Gasteiger partial charge in [0.15, 0.2) is 0 Å². The number of para-hydroxylation sites is 1. The van der Waals surface area contributed by atoms with Crippen LogP contribution in [0.25, 0.3) is 22.0 Å². The molecule has 39 heavy (non-hydrogen) atoms. The molecule has 0 spiro atoms. The fourth-order valence-corrected chi connectivity index (χ4v) is 5.31. The van der Waals surface area contributed by atoms with Gasteiger partial charge in [-0.05, 0) is 89.1 Å². The van der Waals surface area contributed by atoms with Gasteiger partial charge in [-0.15, -0.1) is 4.91 Å². The van der Waals surface area contributed by atoms with Gasteiger partial charge < -0.3 is 15.2 Å². The molecule has 1 fully saturated rings. The number of nitroso groups, excluding NO2 is 1. The summed E-state index contributed by atoms with van der Waals surface area (Å²) < 4.78 is 14.3. The molecule has 1 atom stereocenters. The summed E-state index contributed by atoms with van der Waals surface area (Å²) >= 11 is 0. The van der Waals surface area contributed by atoms with Crippen molar-refractivity contribution in [1.82, 2.24) is 10.3 Å². The molecular weight excluding hydrogens is 491 g/mol. The van der Waals surface area contributed by atoms with Crippen LogP contribution < -0.4 is 10.2 Å². The standard InChI is InChI=1S/C32H27FN4O2/c33-25-12-15-29(36-39)27(20-25)31(30-19-23-6-1-2-9-28(23)34-30)35-32(38)24-8-5-7-22(18-24)21-10-13-26(14-11-21)37-16-3-4-17-37/h1-2,5-15,18-20,31,34H,3-4,16-17H2,(H,35,38)/t31-/m1/s1. The minimum atomic E-state index is -0.822. The van der Waals surface area contributed by atoms with Gasteiger partial charge in [-0.2, -0.15) is 0 Å². The number of halogens is 1. The SMILES string of the molecule is O=Nc1ccc(F)cc1[C@@H](NC(=O)c1cccc(-c2ccc(N3CCCC3)cc2)c1)c1cc2ccccc2[nH]1. The number of nitrogens with one attached hydrogen (secondary N) is 2. The Kier molecular flexibility index (Phi) is 6.63. The first-order valence-corrected chi connectivity index (χ1v) is 13.1. The van der Waals surface area contributed by atoms with Gasteiger partial charge in [-0.25, -0.2) is 4.39 Å². The normalized spacial score (nSPS) is 13.9. The van der Waals surface area contributed by atoms with Crippen LogP contribution >= 0.6 is 0 Å². The molecule has 0 saturated carbocycles. The highest BCUT2D eigenvalue weighted by molar-refractivity contribution is 5.96. The van der Waals surface area contributed by atoms with Crippen molar-refractivity contribution in [3.8, 4) is 11.1 Å². The minimum Gasteiger partial charge on any atom is -0.372 e. The van der Waals surface area contributed by atoms with Gasteiger partial charge in [0.2, 0.25) is 0 Å². The largest absolute Gasteiger partial charge is 0.372 e. The zero-order valence-corrected chi connectivity index (χ0v) is 21.2. The average molecular weight is 519 g/mol. The number of carbonyl (C=O) groups excluding carboxylic acids is 1. The maximum atomic E-state index is 14.3. The van der Waals surface area contributed by atoms with Crippen molar-refractivity contribution in [2.24, 2.45) is 5.18 Å². The fourth-order valence-electron chi connectivity index (χ4n) is 5.31. The maximum Gasteiger partial charge on any atom is 0.252 e. The second-order valence-electron chi connectivity index (χ2n) is 9.83. The van der Waals surface area contributed by atoms with E-state index in [9.17, 15) is 14.1 Å². The lowest BCUT2D eigenvalue weighted by Gasteiger charge is -2.20. The third kappa shape index (κ3) is 5.03. The summed E-state index contributed by atoms with van der Waals surface area (Å²) in [7, 11) is 0. The summed E-state index contributed by atoms with van der Waals surface area (Å²) in [5, 5.41) is 7.04. The first-order chi connectivity index (χ1) is 19.1. The number of anilines is 1. The molecule has 1 aliphatic rings. The number of rotatable bonds is 7. The van der Waals surface area contributed by atoms with Crippen LogP contribution in [0.5, 0.6) is 0 Å². The summed E-state index contributed by atoms with van der Waals surface area (Å²) in [6, 6.07) is 28.3. The molecule has 4 aromatic carbocycles. The molecule has 6 nitrogen and oxygen atoms in total. The summed E-state index contributed by atoms with van der Waals surface area (Å²) in [6.07, 6.45) is 2.44. The predicted molar refractivity (Wildman–Crippen MR) is 153 cm³/mol. The molecule has 2 heterocycles. The van der Waals surface area contributed by atoms with Crippen molar-refractivity contribution in [3.05, 3.63) is 125 Å². The van der Waals surface area contributed by atoms with Crippen LogP contribution in [0.15, 0.2) is 102 Å². The van der Waals surface area contributed by atoms with Crippen LogP contribution in [0.4, 0.5) is 15.8 Å². The number of aromatic nitrogens is 1. The molecule has 1 saturated heterocycles. The summed E-state index contributed by atoms with van der Waals surface area (Å²) in [4.78, 5) is 30.9. The quantitative estimate of drug-likeness (QED) is 0.219. The van der Waals surface area contributed by atoms with E-state index in [1.165, 1.54) is 36.7 Å². The number of nitrogens with zero attached hydrogens (tertiary/aromatic N) is 2. The number of hydrogen-bond donors (Lipinski definition) is 2. The molecule has 1 aromatic heterocycles. The van der Waals surface area contributed by atoms with Crippen LogP contribution in [0.3, 0.4) is 0 Å². The number of benzene rings is 4. The molecule has 0 unspecified atom stereocenters. The van der Waals surface area contributed by atoms with Crippen molar-refractivity contribution < 1.29 is 9.18 Å². The Hall–Kier alpha value is -4.78. The highest BCUT2D eigenvalue weighted by Crippen LogP contribution is 2.33. The number of carbonyl (C=O) groups is 1. The maximum absolute atomic E-state index is 14.3. The summed E-state index contributed by atoms with van der Waals surface area (Å²) in [6.45, 7) is 2.17. The molecule has 0 radical (unpaired) electrons. The Morgan fingerprint density at radius 1 is 0.872 bits per heavy atom. The summed E-state index contributed by atoms with van der Waals surface area (Å²) in [5.74, 6) is -0.873. The number of hydrogen-bond acceptors (Lipinski definition) is 4. The van der Waals surface area contributed by atoms with Crippen LogP contribution in [-0.4, -0.2) is 24.0 Å². The topological polar surface area (TPSA) is 77.6 Å². The fraction of sp³-hybridized carbons (Fsp3) is 0.156. The van der Waals surface area contributed by atoms with E-state index in [4.69, 9.17) is 0 Å². The van der Waals surface area contributed by atoms with Crippen molar-refractivity contribution >= 4 is 28.2 Å². The van der Waals surface area contributed by atoms with Gasteiger partial charge in [0.1, 0.15) is 11.5 Å². The highest BCUT2D eigenvalue weighted by Gasteiger charge is 2.24. The first kappa shape index (κ1) is 24.6. The van der Waals surface area contributed by atoms with Crippen molar-refractivity contribution in [3.63, 3.8) is 0 Å². The van der Waals surface area contributed by atoms with Gasteiger partial charge in [-0.1, -0.05) is 42.5 Å². The van der Waals surface area contributed by atoms with Gasteiger partial charge in [0, 0.05) is 41.1 Å². The third-order valence-corrected chi connectivity index (χ3v) is 7.33. The van der Waals surface area contributed by atoms with E-state index in [-0.39, 0.29) is 17.2 Å². The van der Waals surface area contributed by atoms with Crippen molar-refractivity contribution in [2.45, 2.75) is 18.9 Å². The number of aromatic amines is 1. The molecule has 1 aliphatic heterocycles. The van der Waals surface area contributed by atoms with Gasteiger partial charge >= 0.3 is 0 Å². The van der Waals surface area contributed by atoms with Gasteiger partial charge in [0.25, 0.3) is 5.91 Å². The molecule has 5 aromatic rings. The van der Waals surface area contributed by atoms with E-state index in [0.29, 0.717) is 11.3 Å². The Labute approximate surface area is 225 Å². The Morgan fingerprint density at radius 3 is 2.44 bits per heavy atom. The zero-order chi connectivity index (χ0) is 26.8. The lowest BCUT2D eigenvalue weighted by molar-refractivity contribution is 0.0942. The van der Waals surface area contributed by atoms with E-state index >= 15 is 0 Å². The molecule has 7 heteroatoms. The second-order valence-corrected chi connectivity index (χ2v) is 9.83. The first-order valence-electron chi connectivity index (χ1n) is 13.1. The lowest BCUT2D eigenvalue weighted by Crippen LogP contribution is -2.29. The predicted octanol–water partition coefficient (Wildman–Crippen LogP) is 7.49. The van der Waals surface area contributed by atoms with E-state index in [1.54, 1.807) is 6.07 Å². The number of amides is 1. The van der Waals surface area contributed by atoms with E-state index in [0.717, 1.165) is 35.1 Å². The van der Waals surface area contributed by atoms with Gasteiger partial charge in [-0.3, -0.25) is 4.79 Å². The molecule has 2 N–H and O–H groups in total. The number of H-pyrrole nitrogens is 1. The molecular formula is C32H27FN4O2. The smallest absolute Gasteiger partial charge is 0.252 e. The van der Waals surface area contributed by atoms with Crippen LogP contribution in [0.1, 0.15) is 40.5 Å². The second kappa shape index (κ2) is 10.5. The average Bonchev–Trinajstić information content (AvgIpc) is 3.67. The van der Waals surface area contributed by atoms with Gasteiger partial charge in [0.05, 0.1) is 6.04 Å². The zero-order valence-electron chi connectivity index (χ0n) is 21.2. The van der Waals surface area contributed by atoms with E-state index in [2.05, 4.69) is 44.6 Å². The minimum absolute atomic E-state index is 0.0622. The van der Waals surface area contributed by atoms with Crippen molar-refractivity contribution in [2.75, 3.05) is 18.0 Å². The van der Waals surface area contributed by atoms with Crippen LogP contribution in [-0.2, 0) is 0 Å². The van der Waals surface area contributed by atoms with E-state index in [1.807, 2.05) is 48.5 Å². The summed E-state index contributed by atoms with van der Waals surface area (Å²) in [5.41, 5.74) is 5.41. The van der Waals surface area contributed by atoms with Crippen LogP contribution in [0, 0.1) is 10.7 Å². The number of fused-ring (bicyclic) bond motifs is 1. The monoisotopic (exact) mass is 518 g/mol. The van der Waals surface area contributed by atoms with Crippen LogP contribution in [0.2, 0.25) is 0 Å². The third-order valence-electron chi connectivity index (χ3n) is 7.33.